The fourth-order valence-electron chi connectivity index (χ4n) is 2.62. The summed E-state index contributed by atoms with van der Waals surface area (Å²) in [7, 11) is 0. The van der Waals surface area contributed by atoms with Gasteiger partial charge in [0, 0.05) is 18.0 Å². The second-order valence-corrected chi connectivity index (χ2v) is 5.83. The molecule has 0 bridgehead atoms. The molecule has 18 heavy (non-hydrogen) atoms. The molecule has 5 heteroatoms. The van der Waals surface area contributed by atoms with Gasteiger partial charge in [-0.2, -0.15) is 0 Å². The minimum Gasteiger partial charge on any atom is -0.369 e. The van der Waals surface area contributed by atoms with E-state index in [9.17, 15) is 4.79 Å². The quantitative estimate of drug-likeness (QED) is 0.876. The summed E-state index contributed by atoms with van der Waals surface area (Å²) in [6.07, 6.45) is 1.04. The molecule has 2 aliphatic rings. The van der Waals surface area contributed by atoms with Gasteiger partial charge in [0.25, 0.3) is 0 Å². The maximum absolute atomic E-state index is 12.3. The first-order valence-corrected chi connectivity index (χ1v) is 7.37. The number of hydrogen-bond donors (Lipinski definition) is 1. The molecule has 1 amide bonds. The molecule has 0 radical (unpaired) electrons. The lowest BCUT2D eigenvalue weighted by Crippen LogP contribution is -2.45. The number of amides is 1. The highest BCUT2D eigenvalue weighted by Crippen LogP contribution is 2.27. The zero-order valence-corrected chi connectivity index (χ0v) is 11.1. The van der Waals surface area contributed by atoms with Gasteiger partial charge in [-0.25, -0.2) is 0 Å². The molecule has 2 unspecified atom stereocenters. The molecule has 2 atom stereocenters. The van der Waals surface area contributed by atoms with E-state index < -0.39 is 0 Å². The first-order chi connectivity index (χ1) is 8.84. The highest BCUT2D eigenvalue weighted by atomic mass is 32.1. The lowest BCUT2D eigenvalue weighted by molar-refractivity contribution is -0.142. The van der Waals surface area contributed by atoms with Crippen molar-refractivity contribution in [3.05, 3.63) is 22.4 Å². The number of thiophene rings is 1. The molecule has 4 nitrogen and oxygen atoms in total. The van der Waals surface area contributed by atoms with Gasteiger partial charge >= 0.3 is 0 Å². The number of ether oxygens (including phenoxy) is 1. The van der Waals surface area contributed by atoms with Crippen LogP contribution in [0, 0.1) is 5.92 Å². The van der Waals surface area contributed by atoms with E-state index in [1.165, 1.54) is 4.88 Å². The Morgan fingerprint density at radius 2 is 2.50 bits per heavy atom. The average Bonchev–Trinajstić information content (AvgIpc) is 3.11. The molecule has 0 aromatic carbocycles. The number of rotatable bonds is 2. The molecule has 98 valence electrons. The topological polar surface area (TPSA) is 41.6 Å². The predicted octanol–water partition coefficient (Wildman–Crippen LogP) is 1.26. The number of nitrogens with zero attached hydrogens (tertiary/aromatic N) is 1. The van der Waals surface area contributed by atoms with Crippen LogP contribution in [-0.2, 0) is 9.53 Å². The third-order valence-electron chi connectivity index (χ3n) is 3.65. The highest BCUT2D eigenvalue weighted by Gasteiger charge is 2.31. The molecule has 1 N–H and O–H groups in total. The second kappa shape index (κ2) is 5.38. The molecule has 0 aliphatic carbocycles. The molecule has 0 saturated carbocycles. The number of hydrogen-bond acceptors (Lipinski definition) is 4. The van der Waals surface area contributed by atoms with E-state index in [1.807, 2.05) is 11.0 Å². The maximum Gasteiger partial charge on any atom is 0.227 e. The summed E-state index contributed by atoms with van der Waals surface area (Å²) in [5, 5.41) is 5.31. The van der Waals surface area contributed by atoms with Crippen LogP contribution in [0.2, 0.25) is 0 Å². The Bertz CT molecular complexity index is 401. The van der Waals surface area contributed by atoms with Crippen molar-refractivity contribution in [2.24, 2.45) is 5.92 Å². The summed E-state index contributed by atoms with van der Waals surface area (Å²) in [6.45, 7) is 3.89. The van der Waals surface area contributed by atoms with Gasteiger partial charge in [0.2, 0.25) is 5.91 Å². The SMILES string of the molecule is O=C(C1CCNC1)N1CCOC(c2cccs2)C1. The summed E-state index contributed by atoms with van der Waals surface area (Å²) in [4.78, 5) is 15.5. The predicted molar refractivity (Wildman–Crippen MR) is 70.6 cm³/mol. The van der Waals surface area contributed by atoms with E-state index in [1.54, 1.807) is 11.3 Å². The maximum atomic E-state index is 12.3. The van der Waals surface area contributed by atoms with Crippen LogP contribution in [0.5, 0.6) is 0 Å². The number of carbonyl (C=O) groups is 1. The molecule has 2 aliphatic heterocycles. The average molecular weight is 266 g/mol. The van der Waals surface area contributed by atoms with Crippen molar-refractivity contribution in [2.75, 3.05) is 32.8 Å². The minimum atomic E-state index is 0.0667. The Hall–Kier alpha value is -0.910. The Morgan fingerprint density at radius 3 is 3.22 bits per heavy atom. The van der Waals surface area contributed by atoms with Gasteiger partial charge in [-0.3, -0.25) is 4.79 Å². The van der Waals surface area contributed by atoms with E-state index in [0.717, 1.165) is 26.1 Å². The van der Waals surface area contributed by atoms with E-state index in [4.69, 9.17) is 4.74 Å². The Kier molecular flexibility index (Phi) is 3.63. The number of nitrogens with one attached hydrogen (secondary N) is 1. The molecular weight excluding hydrogens is 248 g/mol. The zero-order valence-electron chi connectivity index (χ0n) is 10.3. The molecule has 3 rings (SSSR count). The fraction of sp³-hybridized carbons (Fsp3) is 0.615. The fourth-order valence-corrected chi connectivity index (χ4v) is 3.39. The molecule has 1 aromatic heterocycles. The standard InChI is InChI=1S/C13H18N2O2S/c16-13(10-3-4-14-8-10)15-5-6-17-11(9-15)12-2-1-7-18-12/h1-2,7,10-11,14H,3-6,8-9H2. The monoisotopic (exact) mass is 266 g/mol. The van der Waals surface area contributed by atoms with Crippen LogP contribution in [0.3, 0.4) is 0 Å². The summed E-state index contributed by atoms with van der Waals surface area (Å²) >= 11 is 1.70. The van der Waals surface area contributed by atoms with E-state index >= 15 is 0 Å². The molecule has 3 heterocycles. The van der Waals surface area contributed by atoms with Crippen LogP contribution in [-0.4, -0.2) is 43.6 Å². The van der Waals surface area contributed by atoms with Crippen molar-refractivity contribution in [1.82, 2.24) is 10.2 Å². The van der Waals surface area contributed by atoms with Crippen molar-refractivity contribution >= 4 is 17.2 Å². The molecule has 0 spiro atoms. The van der Waals surface area contributed by atoms with Gasteiger partial charge in [0.1, 0.15) is 6.10 Å². The van der Waals surface area contributed by atoms with Crippen LogP contribution >= 0.6 is 11.3 Å². The Morgan fingerprint density at radius 1 is 1.56 bits per heavy atom. The van der Waals surface area contributed by atoms with E-state index in [-0.39, 0.29) is 12.0 Å². The van der Waals surface area contributed by atoms with Crippen molar-refractivity contribution in [3.63, 3.8) is 0 Å². The van der Waals surface area contributed by atoms with Crippen molar-refractivity contribution in [2.45, 2.75) is 12.5 Å². The number of carbonyl (C=O) groups excluding carboxylic acids is 1. The minimum absolute atomic E-state index is 0.0667. The highest BCUT2D eigenvalue weighted by molar-refractivity contribution is 7.10. The van der Waals surface area contributed by atoms with Crippen LogP contribution in [0.4, 0.5) is 0 Å². The molecular formula is C13H18N2O2S. The molecule has 2 saturated heterocycles. The van der Waals surface area contributed by atoms with Gasteiger partial charge in [0.05, 0.1) is 19.1 Å². The van der Waals surface area contributed by atoms with E-state index in [2.05, 4.69) is 16.8 Å². The van der Waals surface area contributed by atoms with Gasteiger partial charge < -0.3 is 15.0 Å². The Balaban J connectivity index is 1.64. The van der Waals surface area contributed by atoms with Gasteiger partial charge in [0.15, 0.2) is 0 Å². The smallest absolute Gasteiger partial charge is 0.227 e. The van der Waals surface area contributed by atoms with Crippen LogP contribution < -0.4 is 5.32 Å². The van der Waals surface area contributed by atoms with Crippen LogP contribution in [0.1, 0.15) is 17.4 Å². The van der Waals surface area contributed by atoms with Crippen molar-refractivity contribution in [1.29, 1.82) is 0 Å². The molecule has 1 aromatic rings. The summed E-state index contributed by atoms with van der Waals surface area (Å²) in [5.41, 5.74) is 0. The summed E-state index contributed by atoms with van der Waals surface area (Å²) in [6, 6.07) is 4.12. The summed E-state index contributed by atoms with van der Waals surface area (Å²) in [5.74, 6) is 0.469. The largest absolute Gasteiger partial charge is 0.369 e. The third kappa shape index (κ3) is 2.43. The normalized spacial score (nSPS) is 28.6. The first kappa shape index (κ1) is 12.1. The van der Waals surface area contributed by atoms with Crippen LogP contribution in [0.15, 0.2) is 17.5 Å². The lowest BCUT2D eigenvalue weighted by atomic mass is 10.1. The van der Waals surface area contributed by atoms with Gasteiger partial charge in [-0.15, -0.1) is 11.3 Å². The molecule has 2 fully saturated rings. The first-order valence-electron chi connectivity index (χ1n) is 6.49. The van der Waals surface area contributed by atoms with Gasteiger partial charge in [-0.1, -0.05) is 6.07 Å². The lowest BCUT2D eigenvalue weighted by Gasteiger charge is -2.34. The Labute approximate surface area is 111 Å². The third-order valence-corrected chi connectivity index (χ3v) is 4.61. The van der Waals surface area contributed by atoms with Crippen LogP contribution in [0.25, 0.3) is 0 Å². The van der Waals surface area contributed by atoms with Gasteiger partial charge in [-0.05, 0) is 24.4 Å². The van der Waals surface area contributed by atoms with Crippen molar-refractivity contribution < 1.29 is 9.53 Å². The van der Waals surface area contributed by atoms with Crippen molar-refractivity contribution in [3.8, 4) is 0 Å². The van der Waals surface area contributed by atoms with E-state index in [0.29, 0.717) is 19.1 Å². The zero-order chi connectivity index (χ0) is 12.4. The second-order valence-electron chi connectivity index (χ2n) is 4.85. The number of morpholine rings is 1. The summed E-state index contributed by atoms with van der Waals surface area (Å²) < 4.78 is 5.77.